The van der Waals surface area contributed by atoms with E-state index in [2.05, 4.69) is 202 Å². The topological polar surface area (TPSA) is 421 Å². The molecule has 0 bridgehead atoms. The minimum absolute atomic E-state index is 0. The van der Waals surface area contributed by atoms with Gasteiger partial charge in [0.2, 0.25) is 0 Å². The van der Waals surface area contributed by atoms with Gasteiger partial charge >= 0.3 is 67.8 Å². The Morgan fingerprint density at radius 1 is 0.507 bits per heavy atom. The molecule has 1 saturated heterocycles. The maximum atomic E-state index is 13.0. The van der Waals surface area contributed by atoms with Gasteiger partial charge < -0.3 is 47.0 Å². The first-order valence-corrected chi connectivity index (χ1v) is 61.0. The third kappa shape index (κ3) is 46.9. The van der Waals surface area contributed by atoms with Crippen LogP contribution in [0.2, 0.25) is 0 Å². The van der Waals surface area contributed by atoms with Crippen molar-refractivity contribution in [1.29, 1.82) is 0 Å². The SMILES string of the molecule is BrCCOCCBr.C.C.C.CC(C)(C)OC(=O)NC1CCCCC1.CCC(C)(C)I.C[C-](C)C.Cn1cc(-c2ccc3cnc(CC(=O)C4CCC(N)CC4)cc3n2)cn1.Cn1cc(-c2ccc3cnc(CC(=O)C4CCC(N5CCOCC5)CC4)cc3n2)cn1.Cn1cc(-c2ccc3cnc(CC(=O)C4CCC(NC(=O)OC(C)(C)C)CC4)cc3n2)cn1.Nc1cc2nc(-c3cn[nH]c3)ccc2cn1.O=C=O.[I][V][I]. The zero-order chi connectivity index (χ0) is 104. The van der Waals surface area contributed by atoms with Crippen molar-refractivity contribution in [3.8, 4) is 45.0 Å². The Morgan fingerprint density at radius 2 is 0.836 bits per heavy atom. The van der Waals surface area contributed by atoms with Gasteiger partial charge in [0, 0.05) is 226 Å². The molecular formula is C108H153Br2I3N21O11V-. The average molecular weight is 2510 g/mol. The van der Waals surface area contributed by atoms with Crippen molar-refractivity contribution in [1.82, 2.24) is 94.9 Å². The summed E-state index contributed by atoms with van der Waals surface area (Å²) >= 11 is 13.7. The van der Waals surface area contributed by atoms with E-state index in [0.29, 0.717) is 55.8 Å². The number of fused-ring (bicyclic) bond motifs is 4. The van der Waals surface area contributed by atoms with E-state index in [0.717, 1.165) is 246 Å². The zero-order valence-corrected chi connectivity index (χ0v) is 96.1. The van der Waals surface area contributed by atoms with Crippen molar-refractivity contribution < 1.29 is 62.0 Å². The average Bonchev–Trinajstić information content (AvgIpc) is 1.43. The molecule has 0 aromatic carbocycles. The van der Waals surface area contributed by atoms with E-state index in [1.165, 1.54) is 31.6 Å². The third-order valence-corrected chi connectivity index (χ3v) is 25.2. The molecule has 38 heteroatoms. The van der Waals surface area contributed by atoms with E-state index in [1.807, 2.05) is 160 Å². The van der Waals surface area contributed by atoms with E-state index in [9.17, 15) is 24.0 Å². The second-order valence-electron chi connectivity index (χ2n) is 39.0. The van der Waals surface area contributed by atoms with E-state index >= 15 is 0 Å². The predicted molar refractivity (Wildman–Crippen MR) is 613 cm³/mol. The van der Waals surface area contributed by atoms with Gasteiger partial charge in [-0.1, -0.05) is 117 Å². The van der Waals surface area contributed by atoms with Crippen LogP contribution in [-0.4, -0.2) is 209 Å². The second-order valence-corrected chi connectivity index (χ2v) is 55.3. The summed E-state index contributed by atoms with van der Waals surface area (Å²) in [6, 6.07) is 24.7. The predicted octanol–water partition coefficient (Wildman–Crippen LogP) is 23.5. The van der Waals surface area contributed by atoms with E-state index < -0.39 is 17.3 Å². The Morgan fingerprint density at radius 3 is 1.16 bits per heavy atom. The first kappa shape index (κ1) is 128. The number of halogens is 5. The van der Waals surface area contributed by atoms with Crippen molar-refractivity contribution in [2.24, 2.45) is 44.6 Å². The number of nitrogens with one attached hydrogen (secondary N) is 3. The van der Waals surface area contributed by atoms with Crippen molar-refractivity contribution in [2.45, 2.75) is 279 Å². The van der Waals surface area contributed by atoms with Gasteiger partial charge in [0.15, 0.2) is 0 Å². The molecule has 2 amide bonds. The molecule has 4 aliphatic carbocycles. The molecule has 32 nitrogen and oxygen atoms in total. The summed E-state index contributed by atoms with van der Waals surface area (Å²) < 4.78 is 26.8. The van der Waals surface area contributed by atoms with Crippen LogP contribution in [0, 0.1) is 23.7 Å². The number of H-pyrrole nitrogens is 1. The summed E-state index contributed by atoms with van der Waals surface area (Å²) in [5.41, 5.74) is 23.7. The number of ether oxygens (including phenoxy) is 4. The monoisotopic (exact) mass is 2510 g/mol. The molecule has 17 rings (SSSR count). The molecule has 5 aliphatic rings. The summed E-state index contributed by atoms with van der Waals surface area (Å²) in [6.07, 6.45) is 40.6. The maximum absolute atomic E-state index is 13.0. The number of nitrogen functional groups attached to an aromatic ring is 1. The van der Waals surface area contributed by atoms with Crippen LogP contribution in [0.1, 0.15) is 238 Å². The molecule has 7 N–H and O–H groups in total. The number of Topliss-reactive ketones (excluding diaryl/α,β-unsaturated/α-hetero) is 3. The summed E-state index contributed by atoms with van der Waals surface area (Å²) in [7, 11) is 6.28. The van der Waals surface area contributed by atoms with Crippen LogP contribution in [0.15, 0.2) is 147 Å². The van der Waals surface area contributed by atoms with Crippen LogP contribution in [-0.2, 0) is 92.8 Å². The molecule has 0 atom stereocenters. The number of carbonyl (C=O) groups is 5. The van der Waals surface area contributed by atoms with Gasteiger partial charge in [-0.3, -0.25) is 53.4 Å². The molecule has 12 aromatic rings. The Kier molecular flexibility index (Phi) is 57.9. The summed E-state index contributed by atoms with van der Waals surface area (Å²) in [5, 5.41) is 30.9. The van der Waals surface area contributed by atoms with Gasteiger partial charge in [0.1, 0.15) is 34.4 Å². The second kappa shape index (κ2) is 66.2. The molecular weight excluding hydrogens is 2360 g/mol. The number of pyridine rings is 8. The summed E-state index contributed by atoms with van der Waals surface area (Å²) in [5.74, 6) is 2.95. The number of nitrogens with zero attached hydrogens (tertiary/aromatic N) is 16. The fourth-order valence-corrected chi connectivity index (χ4v) is 16.7. The number of nitrogens with two attached hydrogens (primary N) is 2. The standard InChI is InChI=1S/C25H31N5O3.C24H29N5O2.C20H23N5O.C11H9N5.C11H21NO2.C5H11I.C4H8Br2O.C4H9.CO2.3CH4.2HI.V/c1-25(2,3)33-24(32)28-19-8-5-16(6-9-19)23(31)12-20-11-22-17(13-26-20)7-10-21(29-22)18-14-27-30(4)15-18;1-28-16-19(15-26-28)22-7-4-18-14-25-20(12-23(18)27-22)13-24(30)17-2-5-21(6-3-17)29-8-10-31-11-9-29;1-25-12-15(11-23-25)18-7-4-14-10-22-17(8-19(14)24-18)9-20(26)13-2-5-16(21)6-3-13;12-11-3-10-7(4-13-11)1-2-9(16-10)8-5-14-15-6-8;1-11(2,3)14-10(13)12-9-7-5-4-6-8-9;1-4-5(2,3)6;5-1-3-7-4-2-6;1-4(2)3;2-1-3;;;;;;/h7,10-11,13-16,19H,5-6,8-9,12H2,1-4H3,(H,28,32);4,7,12,14-17,21H,2-3,5-6,8-11,13H2,1H3;4,7-8,10-13,16H,2-3,5-6,9,21H2,1H3;1-6H,(H2,12,13)(H,14,15);9H,4-8H2,1-3H3,(H,12,13);4H2,1-3H3;1-4H2;1-3H3;;3*1H4;2*1H;/q;;;;;;;-1;;;;;;;+2/p-2. The molecule has 1 aliphatic heterocycles. The molecule has 146 heavy (non-hydrogen) atoms. The van der Waals surface area contributed by atoms with E-state index in [-0.39, 0.29) is 75.9 Å². The van der Waals surface area contributed by atoms with Crippen LogP contribution < -0.4 is 22.1 Å². The Bertz CT molecular complexity index is 5930. The fourth-order valence-electron chi connectivity index (χ4n) is 16.3. The molecule has 12 aromatic heterocycles. The first-order valence-electron chi connectivity index (χ1n) is 48.7. The first-order chi connectivity index (χ1) is 68.2. The summed E-state index contributed by atoms with van der Waals surface area (Å²) in [4.78, 5) is 117. The quantitative estimate of drug-likeness (QED) is 0.0193. The number of hydrogen-bond donors (Lipinski definition) is 5. The molecule has 797 valence electrons. The van der Waals surface area contributed by atoms with Gasteiger partial charge in [-0.05, 0) is 205 Å². The fraction of sp³-hybridized carbons (Fsp3) is 0.528. The van der Waals surface area contributed by atoms with Crippen LogP contribution in [0.5, 0.6) is 0 Å². The van der Waals surface area contributed by atoms with Gasteiger partial charge in [-0.25, -0.2) is 34.5 Å². The number of rotatable bonds is 21. The van der Waals surface area contributed by atoms with Crippen LogP contribution in [0.25, 0.3) is 88.6 Å². The van der Waals surface area contributed by atoms with Crippen LogP contribution in [0.3, 0.4) is 0 Å². The molecule has 13 heterocycles. The molecule has 4 saturated carbocycles. The van der Waals surface area contributed by atoms with Crippen molar-refractivity contribution in [2.75, 3.05) is 55.9 Å². The number of aromatic nitrogens is 16. The molecule has 0 spiro atoms. The van der Waals surface area contributed by atoms with Gasteiger partial charge in [-0.2, -0.15) is 50.8 Å². The third-order valence-electron chi connectivity index (χ3n) is 23.8. The number of aryl methyl sites for hydroxylation is 3. The number of amides is 2. The van der Waals surface area contributed by atoms with Crippen molar-refractivity contribution >= 4 is 180 Å². The number of alkyl carbamates (subject to hydrolysis) is 2. The van der Waals surface area contributed by atoms with Gasteiger partial charge in [-0.15, -0.1) is 0 Å². The van der Waals surface area contributed by atoms with Gasteiger partial charge in [0.05, 0.1) is 96.1 Å². The minimum atomic E-state index is -0.516. The number of ketones is 3. The van der Waals surface area contributed by atoms with Crippen molar-refractivity contribution in [3.05, 3.63) is 170 Å². The number of carbonyl (C=O) groups excluding carboxylic acids is 7. The number of morpholine rings is 1. The normalized spacial score (nSPS) is 17.0. The Labute approximate surface area is 922 Å². The zero-order valence-electron chi connectivity index (χ0n) is 85.0. The number of anilines is 1. The van der Waals surface area contributed by atoms with E-state index in [4.69, 9.17) is 55.0 Å². The van der Waals surface area contributed by atoms with Gasteiger partial charge in [0.25, 0.3) is 0 Å². The summed E-state index contributed by atoms with van der Waals surface area (Å²) in [6.45, 7) is 29.4. The van der Waals surface area contributed by atoms with Crippen LogP contribution >= 0.6 is 94.4 Å². The Hall–Kier alpha value is -8.62. The Balaban J connectivity index is 0.000000309. The number of alkyl halides is 3. The number of aromatic amines is 1. The molecule has 0 radical (unpaired) electrons. The van der Waals surface area contributed by atoms with E-state index in [1.54, 1.807) is 63.5 Å². The van der Waals surface area contributed by atoms with Crippen LogP contribution in [0.4, 0.5) is 15.4 Å². The molecule has 5 fully saturated rings. The van der Waals surface area contributed by atoms with Crippen molar-refractivity contribution in [3.63, 3.8) is 0 Å². The number of hydrogen-bond acceptors (Lipinski definition) is 26. The molecule has 0 unspecified atom stereocenters.